The highest BCUT2D eigenvalue weighted by molar-refractivity contribution is 7.88. The van der Waals surface area contributed by atoms with E-state index in [0.29, 0.717) is 23.2 Å². The quantitative estimate of drug-likeness (QED) is 0.332. The fourth-order valence-electron chi connectivity index (χ4n) is 4.57. The summed E-state index contributed by atoms with van der Waals surface area (Å²) in [5.74, 6) is -1.52. The van der Waals surface area contributed by atoms with Crippen molar-refractivity contribution >= 4 is 45.2 Å². The van der Waals surface area contributed by atoms with E-state index in [9.17, 15) is 22.8 Å². The third kappa shape index (κ3) is 6.88. The first-order valence-electron chi connectivity index (χ1n) is 13.7. The SMILES string of the molecule is CC.CNS(=O)(=O)Cc1cccc(Nc2c(C(=O)N(C)C3CC3)c(N(C=O)c3ccc(C)cc3F)n(C)c(=O)c2C)c1. The lowest BCUT2D eigenvalue weighted by Crippen LogP contribution is -2.36. The normalized spacial score (nSPS) is 12.7. The van der Waals surface area contributed by atoms with E-state index < -0.39 is 27.3 Å². The third-order valence-electron chi connectivity index (χ3n) is 6.98. The average Bonchev–Trinajstić information content (AvgIpc) is 3.81. The van der Waals surface area contributed by atoms with E-state index in [1.807, 2.05) is 13.8 Å². The van der Waals surface area contributed by atoms with E-state index >= 15 is 4.39 Å². The van der Waals surface area contributed by atoms with Crippen LogP contribution in [0.3, 0.4) is 0 Å². The van der Waals surface area contributed by atoms with Crippen LogP contribution >= 0.6 is 0 Å². The maximum absolute atomic E-state index is 15.1. The van der Waals surface area contributed by atoms with E-state index in [-0.39, 0.29) is 40.1 Å². The molecule has 42 heavy (non-hydrogen) atoms. The number of carbonyl (C=O) groups is 2. The number of sulfonamides is 1. The molecule has 4 rings (SSSR count). The number of amides is 2. The van der Waals surface area contributed by atoms with Crippen LogP contribution in [0.25, 0.3) is 0 Å². The van der Waals surface area contributed by atoms with Gasteiger partial charge in [0.05, 0.1) is 17.1 Å². The van der Waals surface area contributed by atoms with Gasteiger partial charge in [0, 0.05) is 31.4 Å². The average molecular weight is 600 g/mol. The van der Waals surface area contributed by atoms with E-state index in [1.165, 1.54) is 26.2 Å². The van der Waals surface area contributed by atoms with Crippen LogP contribution in [0, 0.1) is 19.7 Å². The van der Waals surface area contributed by atoms with Crippen molar-refractivity contribution < 1.29 is 22.4 Å². The second-order valence-corrected chi connectivity index (χ2v) is 11.9. The van der Waals surface area contributed by atoms with Gasteiger partial charge in [-0.1, -0.05) is 32.0 Å². The highest BCUT2D eigenvalue weighted by Gasteiger charge is 2.36. The second kappa shape index (κ2) is 13.3. The number of hydrogen-bond donors (Lipinski definition) is 2. The largest absolute Gasteiger partial charge is 0.354 e. The fraction of sp³-hybridized carbons (Fsp3) is 0.367. The first-order valence-corrected chi connectivity index (χ1v) is 15.3. The molecule has 1 aromatic heterocycles. The summed E-state index contributed by atoms with van der Waals surface area (Å²) in [5.41, 5.74) is 1.26. The Hall–Kier alpha value is -4.03. The number of aromatic nitrogens is 1. The van der Waals surface area contributed by atoms with Gasteiger partial charge in [0.2, 0.25) is 16.4 Å². The number of carbonyl (C=O) groups excluding carboxylic acids is 2. The molecule has 2 aromatic carbocycles. The van der Waals surface area contributed by atoms with Crippen LogP contribution in [-0.4, -0.2) is 50.3 Å². The van der Waals surface area contributed by atoms with Crippen molar-refractivity contribution in [2.75, 3.05) is 24.3 Å². The molecule has 10 nitrogen and oxygen atoms in total. The number of rotatable bonds is 10. The predicted molar refractivity (Wildman–Crippen MR) is 164 cm³/mol. The van der Waals surface area contributed by atoms with Crippen molar-refractivity contribution in [3.63, 3.8) is 0 Å². The van der Waals surface area contributed by atoms with Gasteiger partial charge < -0.3 is 10.2 Å². The zero-order chi connectivity index (χ0) is 31.4. The van der Waals surface area contributed by atoms with E-state index in [4.69, 9.17) is 0 Å². The summed E-state index contributed by atoms with van der Waals surface area (Å²) in [5, 5.41) is 3.13. The van der Waals surface area contributed by atoms with Crippen molar-refractivity contribution in [2.24, 2.45) is 7.05 Å². The first kappa shape index (κ1) is 32.5. The summed E-state index contributed by atoms with van der Waals surface area (Å²) in [6, 6.07) is 10.9. The van der Waals surface area contributed by atoms with Crippen LogP contribution in [0.1, 0.15) is 53.7 Å². The molecule has 3 aromatic rings. The monoisotopic (exact) mass is 599 g/mol. The van der Waals surface area contributed by atoms with Crippen molar-refractivity contribution in [3.8, 4) is 0 Å². The molecule has 1 aliphatic carbocycles. The number of nitrogens with zero attached hydrogens (tertiary/aromatic N) is 3. The molecule has 1 saturated carbocycles. The molecule has 1 aliphatic rings. The summed E-state index contributed by atoms with van der Waals surface area (Å²) in [6.07, 6.45) is 2.01. The number of hydrogen-bond acceptors (Lipinski definition) is 6. The second-order valence-electron chi connectivity index (χ2n) is 9.93. The minimum absolute atomic E-state index is 0.00149. The van der Waals surface area contributed by atoms with Gasteiger partial charge in [0.25, 0.3) is 11.5 Å². The van der Waals surface area contributed by atoms with Crippen LogP contribution in [0.4, 0.5) is 27.3 Å². The summed E-state index contributed by atoms with van der Waals surface area (Å²) in [7, 11) is 0.848. The molecule has 1 heterocycles. The van der Waals surface area contributed by atoms with Gasteiger partial charge in [-0.15, -0.1) is 0 Å². The minimum Gasteiger partial charge on any atom is -0.354 e. The molecule has 2 N–H and O–H groups in total. The zero-order valence-corrected chi connectivity index (χ0v) is 25.8. The summed E-state index contributed by atoms with van der Waals surface area (Å²) in [4.78, 5) is 42.5. The van der Waals surface area contributed by atoms with Crippen molar-refractivity contribution in [2.45, 2.75) is 52.3 Å². The van der Waals surface area contributed by atoms with Crippen LogP contribution in [0.5, 0.6) is 0 Å². The third-order valence-corrected chi connectivity index (χ3v) is 8.32. The van der Waals surface area contributed by atoms with Gasteiger partial charge in [-0.3, -0.25) is 23.9 Å². The van der Waals surface area contributed by atoms with Gasteiger partial charge in [0.1, 0.15) is 17.2 Å². The summed E-state index contributed by atoms with van der Waals surface area (Å²) in [6.45, 7) is 7.26. The highest BCUT2D eigenvalue weighted by atomic mass is 32.2. The topological polar surface area (TPSA) is 121 Å². The van der Waals surface area contributed by atoms with Crippen molar-refractivity contribution in [1.82, 2.24) is 14.2 Å². The van der Waals surface area contributed by atoms with E-state index in [1.54, 1.807) is 56.1 Å². The number of nitrogens with one attached hydrogen (secondary N) is 2. The first-order chi connectivity index (χ1) is 19.9. The van der Waals surface area contributed by atoms with Crippen molar-refractivity contribution in [3.05, 3.63) is 80.9 Å². The Morgan fingerprint density at radius 1 is 1.14 bits per heavy atom. The molecule has 2 amide bonds. The number of pyridine rings is 1. The lowest BCUT2D eigenvalue weighted by atomic mass is 10.1. The molecule has 0 spiro atoms. The Morgan fingerprint density at radius 2 is 1.81 bits per heavy atom. The molecule has 0 saturated heterocycles. The molecular weight excluding hydrogens is 561 g/mol. The lowest BCUT2D eigenvalue weighted by Gasteiger charge is -2.29. The molecular formula is C30H38FN5O5S. The molecule has 12 heteroatoms. The van der Waals surface area contributed by atoms with Crippen LogP contribution in [-0.2, 0) is 27.6 Å². The molecule has 0 atom stereocenters. The number of benzene rings is 2. The minimum atomic E-state index is -3.55. The summed E-state index contributed by atoms with van der Waals surface area (Å²) >= 11 is 0. The van der Waals surface area contributed by atoms with Gasteiger partial charge >= 0.3 is 0 Å². The Balaban J connectivity index is 0.00000237. The van der Waals surface area contributed by atoms with Crippen LogP contribution < -0.4 is 20.5 Å². The maximum Gasteiger partial charge on any atom is 0.259 e. The predicted octanol–water partition coefficient (Wildman–Crippen LogP) is 4.49. The maximum atomic E-state index is 15.1. The smallest absolute Gasteiger partial charge is 0.259 e. The van der Waals surface area contributed by atoms with E-state index in [2.05, 4.69) is 10.0 Å². The Morgan fingerprint density at radius 3 is 2.38 bits per heavy atom. The number of halogens is 1. The molecule has 0 radical (unpaired) electrons. The molecule has 0 aliphatic heterocycles. The van der Waals surface area contributed by atoms with Gasteiger partial charge in [-0.25, -0.2) is 17.5 Å². The van der Waals surface area contributed by atoms with Crippen molar-refractivity contribution in [1.29, 1.82) is 0 Å². The molecule has 0 unspecified atom stereocenters. The Kier molecular flexibility index (Phi) is 10.3. The Bertz CT molecular complexity index is 1650. The Labute approximate surface area is 246 Å². The fourth-order valence-corrected chi connectivity index (χ4v) is 5.33. The zero-order valence-electron chi connectivity index (χ0n) is 25.0. The molecule has 1 fully saturated rings. The molecule has 226 valence electrons. The molecule has 0 bridgehead atoms. The van der Waals surface area contributed by atoms with Gasteiger partial charge in [-0.2, -0.15) is 0 Å². The number of aryl methyl sites for hydroxylation is 1. The van der Waals surface area contributed by atoms with E-state index in [0.717, 1.165) is 22.3 Å². The van der Waals surface area contributed by atoms with Gasteiger partial charge in [-0.05, 0) is 69.1 Å². The standard InChI is InChI=1S/C28H32FN5O5S.C2H6/c1-17-9-12-23(22(29)13-17)34(16-35)26-24(28(37)32(4)21-10-11-21)25(18(2)27(36)33(26)5)31-20-8-6-7-19(14-20)15-40(38,39)30-3;1-2/h6-9,12-14,16,21,30-31H,10-11,15H2,1-5H3;1-2H3. The highest BCUT2D eigenvalue weighted by Crippen LogP contribution is 2.37. The summed E-state index contributed by atoms with van der Waals surface area (Å²) < 4.78 is 42.8. The van der Waals surface area contributed by atoms with Crippen LogP contribution in [0.2, 0.25) is 0 Å². The number of anilines is 4. The van der Waals surface area contributed by atoms with Gasteiger partial charge in [0.15, 0.2) is 0 Å². The lowest BCUT2D eigenvalue weighted by molar-refractivity contribution is -0.106. The van der Waals surface area contributed by atoms with Crippen LogP contribution in [0.15, 0.2) is 47.3 Å².